The van der Waals surface area contributed by atoms with E-state index >= 15 is 0 Å². The highest BCUT2D eigenvalue weighted by Crippen LogP contribution is 2.17. The van der Waals surface area contributed by atoms with Crippen molar-refractivity contribution in [3.8, 4) is 5.75 Å². The molecule has 0 heterocycles. The average molecular weight is 387 g/mol. The number of nitrogens with zero attached hydrogens (tertiary/aromatic N) is 1. The first-order chi connectivity index (χ1) is 14.0. The molecule has 0 aliphatic rings. The second-order valence-electron chi connectivity index (χ2n) is 7.12. The van der Waals surface area contributed by atoms with E-state index in [9.17, 15) is 9.59 Å². The van der Waals surface area contributed by atoms with Gasteiger partial charge in [-0.05, 0) is 43.7 Å². The van der Waals surface area contributed by atoms with Crippen molar-refractivity contribution in [3.63, 3.8) is 0 Å². The van der Waals surface area contributed by atoms with Crippen molar-refractivity contribution in [1.29, 1.82) is 0 Å². The quantitative estimate of drug-likeness (QED) is 0.541. The molecule has 148 valence electrons. The number of Topliss-reactive ketones (excluding diaryl/α,β-unsaturated/α-hetero) is 1. The van der Waals surface area contributed by atoms with E-state index < -0.39 is 6.04 Å². The molecule has 1 amide bonds. The van der Waals surface area contributed by atoms with Crippen LogP contribution >= 0.6 is 0 Å². The molecular formula is C25H25NO3. The molecule has 0 spiro atoms. The van der Waals surface area contributed by atoms with Gasteiger partial charge in [-0.3, -0.25) is 9.59 Å². The summed E-state index contributed by atoms with van der Waals surface area (Å²) in [5, 5.41) is 0. The molecule has 0 aliphatic heterocycles. The van der Waals surface area contributed by atoms with Gasteiger partial charge in [0.05, 0.1) is 6.04 Å². The van der Waals surface area contributed by atoms with Gasteiger partial charge in [0, 0.05) is 18.2 Å². The highest BCUT2D eigenvalue weighted by molar-refractivity contribution is 6.04. The summed E-state index contributed by atoms with van der Waals surface area (Å²) in [6, 6.07) is 23.7. The lowest BCUT2D eigenvalue weighted by Crippen LogP contribution is -2.40. The first kappa shape index (κ1) is 20.3. The second kappa shape index (κ2) is 9.20. The Balaban J connectivity index is 1.62. The predicted molar refractivity (Wildman–Crippen MR) is 114 cm³/mol. The number of benzene rings is 3. The molecule has 0 fully saturated rings. The number of hydrogen-bond donors (Lipinski definition) is 0. The van der Waals surface area contributed by atoms with Gasteiger partial charge in [-0.1, -0.05) is 60.2 Å². The topological polar surface area (TPSA) is 46.6 Å². The number of aryl methyl sites for hydroxylation is 1. The Bertz CT molecular complexity index is 963. The molecule has 0 radical (unpaired) electrons. The van der Waals surface area contributed by atoms with E-state index in [2.05, 4.69) is 0 Å². The Morgan fingerprint density at radius 2 is 1.45 bits per heavy atom. The fourth-order valence-corrected chi connectivity index (χ4v) is 2.95. The van der Waals surface area contributed by atoms with Crippen LogP contribution in [0.4, 0.5) is 0 Å². The molecule has 0 saturated heterocycles. The maximum atomic E-state index is 12.8. The third kappa shape index (κ3) is 5.11. The molecule has 29 heavy (non-hydrogen) atoms. The highest BCUT2D eigenvalue weighted by atomic mass is 16.5. The van der Waals surface area contributed by atoms with Crippen LogP contribution in [0.2, 0.25) is 0 Å². The van der Waals surface area contributed by atoms with Gasteiger partial charge in [0.25, 0.3) is 5.91 Å². The summed E-state index contributed by atoms with van der Waals surface area (Å²) in [6.07, 6.45) is 0. The number of carbonyl (C=O) groups is 2. The molecule has 3 aromatic rings. The molecular weight excluding hydrogens is 362 g/mol. The van der Waals surface area contributed by atoms with E-state index in [1.807, 2.05) is 49.4 Å². The van der Waals surface area contributed by atoms with Gasteiger partial charge in [-0.25, -0.2) is 0 Å². The van der Waals surface area contributed by atoms with Crippen LogP contribution in [0.3, 0.4) is 0 Å². The smallest absolute Gasteiger partial charge is 0.254 e. The lowest BCUT2D eigenvalue weighted by Gasteiger charge is -2.24. The zero-order valence-electron chi connectivity index (χ0n) is 17.0. The van der Waals surface area contributed by atoms with Crippen LogP contribution in [0, 0.1) is 6.92 Å². The monoisotopic (exact) mass is 387 g/mol. The Hall–Kier alpha value is -3.40. The Morgan fingerprint density at radius 3 is 2.07 bits per heavy atom. The number of ketones is 1. The fraction of sp³-hybridized carbons (Fsp3) is 0.200. The van der Waals surface area contributed by atoms with Gasteiger partial charge < -0.3 is 9.64 Å². The molecule has 0 saturated carbocycles. The first-order valence-corrected chi connectivity index (χ1v) is 9.60. The van der Waals surface area contributed by atoms with Crippen LogP contribution in [0.1, 0.15) is 38.8 Å². The largest absolute Gasteiger partial charge is 0.489 e. The molecule has 3 rings (SSSR count). The van der Waals surface area contributed by atoms with Gasteiger partial charge in [-0.2, -0.15) is 0 Å². The molecule has 0 bridgehead atoms. The minimum absolute atomic E-state index is 0.0799. The summed E-state index contributed by atoms with van der Waals surface area (Å²) < 4.78 is 5.76. The minimum atomic E-state index is -0.556. The van der Waals surface area contributed by atoms with Crippen LogP contribution in [0.25, 0.3) is 0 Å². The van der Waals surface area contributed by atoms with E-state index in [0.29, 0.717) is 23.5 Å². The van der Waals surface area contributed by atoms with Crippen LogP contribution in [-0.4, -0.2) is 29.7 Å². The fourth-order valence-electron chi connectivity index (χ4n) is 2.95. The van der Waals surface area contributed by atoms with Crippen molar-refractivity contribution in [2.24, 2.45) is 0 Å². The van der Waals surface area contributed by atoms with Crippen molar-refractivity contribution in [2.75, 3.05) is 7.05 Å². The number of carbonyl (C=O) groups excluding carboxylic acids is 2. The summed E-state index contributed by atoms with van der Waals surface area (Å²) >= 11 is 0. The number of rotatable bonds is 7. The molecule has 4 nitrogen and oxygen atoms in total. The molecule has 0 aromatic heterocycles. The van der Waals surface area contributed by atoms with Gasteiger partial charge in [0.1, 0.15) is 12.4 Å². The van der Waals surface area contributed by atoms with Gasteiger partial charge >= 0.3 is 0 Å². The minimum Gasteiger partial charge on any atom is -0.489 e. The molecule has 4 heteroatoms. The SMILES string of the molecule is Cc1ccc(C(=O)C(C)N(C)C(=O)c2ccc(OCc3ccccc3)cc2)cc1. The first-order valence-electron chi connectivity index (χ1n) is 9.60. The number of amides is 1. The number of likely N-dealkylation sites (N-methyl/N-ethyl adjacent to an activating group) is 1. The molecule has 3 aromatic carbocycles. The van der Waals surface area contributed by atoms with E-state index in [0.717, 1.165) is 11.1 Å². The van der Waals surface area contributed by atoms with E-state index in [-0.39, 0.29) is 11.7 Å². The van der Waals surface area contributed by atoms with Crippen LogP contribution in [-0.2, 0) is 6.61 Å². The molecule has 1 unspecified atom stereocenters. The number of hydrogen-bond acceptors (Lipinski definition) is 3. The van der Waals surface area contributed by atoms with E-state index in [1.165, 1.54) is 4.90 Å². The maximum absolute atomic E-state index is 12.8. The van der Waals surface area contributed by atoms with Crippen molar-refractivity contribution >= 4 is 11.7 Å². The highest BCUT2D eigenvalue weighted by Gasteiger charge is 2.24. The van der Waals surface area contributed by atoms with E-state index in [4.69, 9.17) is 4.74 Å². The third-order valence-electron chi connectivity index (χ3n) is 4.97. The summed E-state index contributed by atoms with van der Waals surface area (Å²) in [4.78, 5) is 27.0. The summed E-state index contributed by atoms with van der Waals surface area (Å²) in [6.45, 7) is 4.19. The Morgan fingerprint density at radius 1 is 0.862 bits per heavy atom. The van der Waals surface area contributed by atoms with Gasteiger partial charge in [0.2, 0.25) is 0 Å². The van der Waals surface area contributed by atoms with Crippen molar-refractivity contribution in [3.05, 3.63) is 101 Å². The number of ether oxygens (including phenoxy) is 1. The lowest BCUT2D eigenvalue weighted by molar-refractivity contribution is 0.0675. The summed E-state index contributed by atoms with van der Waals surface area (Å²) in [5.74, 6) is 0.410. The second-order valence-corrected chi connectivity index (χ2v) is 7.12. The third-order valence-corrected chi connectivity index (χ3v) is 4.97. The Labute approximate surface area is 171 Å². The predicted octanol–water partition coefficient (Wildman–Crippen LogP) is 4.92. The zero-order valence-corrected chi connectivity index (χ0v) is 17.0. The van der Waals surface area contributed by atoms with Crippen molar-refractivity contribution < 1.29 is 14.3 Å². The van der Waals surface area contributed by atoms with E-state index in [1.54, 1.807) is 50.4 Å². The summed E-state index contributed by atoms with van der Waals surface area (Å²) in [5.41, 5.74) is 3.29. The lowest BCUT2D eigenvalue weighted by atomic mass is 10.0. The maximum Gasteiger partial charge on any atom is 0.254 e. The molecule has 1 atom stereocenters. The van der Waals surface area contributed by atoms with Gasteiger partial charge in [-0.15, -0.1) is 0 Å². The van der Waals surface area contributed by atoms with Crippen LogP contribution in [0.5, 0.6) is 5.75 Å². The van der Waals surface area contributed by atoms with Crippen LogP contribution < -0.4 is 4.74 Å². The van der Waals surface area contributed by atoms with Crippen molar-refractivity contribution in [1.82, 2.24) is 4.90 Å². The molecule has 0 N–H and O–H groups in total. The van der Waals surface area contributed by atoms with Crippen LogP contribution in [0.15, 0.2) is 78.9 Å². The Kier molecular flexibility index (Phi) is 6.45. The summed E-state index contributed by atoms with van der Waals surface area (Å²) in [7, 11) is 1.65. The normalized spacial score (nSPS) is 11.6. The average Bonchev–Trinajstić information content (AvgIpc) is 2.77. The van der Waals surface area contributed by atoms with Crippen molar-refractivity contribution in [2.45, 2.75) is 26.5 Å². The molecule has 0 aliphatic carbocycles. The standard InChI is InChI=1S/C25H25NO3/c1-18-9-11-21(12-10-18)24(27)19(2)26(3)25(28)22-13-15-23(16-14-22)29-17-20-7-5-4-6-8-20/h4-16,19H,17H2,1-3H3. The van der Waals surface area contributed by atoms with Gasteiger partial charge in [0.15, 0.2) is 5.78 Å². The zero-order chi connectivity index (χ0) is 20.8.